The molecule has 0 unspecified atom stereocenters. The van der Waals surface area contributed by atoms with Crippen molar-refractivity contribution < 1.29 is 114 Å². The fourth-order valence-electron chi connectivity index (χ4n) is 5.01. The Bertz CT molecular complexity index is 1930. The molecule has 0 aromatic heterocycles. The number of hydrogen-bond acceptors (Lipinski definition) is 10. The Morgan fingerprint density at radius 2 is 1.54 bits per heavy atom. The summed E-state index contributed by atoms with van der Waals surface area (Å²) >= 11 is 0. The van der Waals surface area contributed by atoms with Crippen molar-refractivity contribution in [2.24, 2.45) is 5.89 Å². The number of unbranched alkanes of at least 4 members (excludes halogenated alkanes) is 1. The van der Waals surface area contributed by atoms with Gasteiger partial charge in [0.05, 0.1) is 30.5 Å². The number of hydrogen-bond donors (Lipinski definition) is 3. The molecule has 2 amide bonds. The van der Waals surface area contributed by atoms with Gasteiger partial charge in [-0.25, -0.2) is 13.2 Å². The first kappa shape index (κ1) is 31.7. The van der Waals surface area contributed by atoms with Crippen LogP contribution in [0.5, 0.6) is 0 Å². The van der Waals surface area contributed by atoms with Crippen LogP contribution in [0.1, 0.15) is 63.7 Å². The maximum absolute atomic E-state index is 14.1. The third-order valence-electron chi connectivity index (χ3n) is 7.20. The number of nitrogen functional groups attached to an aromatic ring is 1. The van der Waals surface area contributed by atoms with Crippen molar-refractivity contribution in [3.63, 3.8) is 0 Å². The molecule has 0 radical (unpaired) electrons. The number of nitrogens with one attached hydrogen (secondary N) is 2. The predicted octanol–water partition coefficient (Wildman–Crippen LogP) is -3.02. The average molecular weight is 759 g/mol. The fraction of sp³-hybridized carbons (Fsp3) is 0.394. The van der Waals surface area contributed by atoms with Gasteiger partial charge in [-0.2, -0.15) is 4.31 Å². The van der Waals surface area contributed by atoms with Crippen LogP contribution < -0.4 is 85.3 Å². The van der Waals surface area contributed by atoms with Crippen LogP contribution in [-0.2, 0) is 28.6 Å². The minimum absolute atomic E-state index is 0. The average Bonchev–Trinajstić information content (AvgIpc) is 3.10. The molecule has 50 heavy (non-hydrogen) atoms. The van der Waals surface area contributed by atoms with Crippen molar-refractivity contribution in [3.05, 3.63) is 96.1 Å². The molecule has 4 N–H and O–H groups in total. The molecule has 17 heteroatoms. The number of amides is 2. The van der Waals surface area contributed by atoms with Gasteiger partial charge < -0.3 is 40.0 Å². The third-order valence-corrected chi connectivity index (χ3v) is 9.57. The number of phosphoric acid groups is 1. The van der Waals surface area contributed by atoms with Crippen molar-refractivity contribution in [2.45, 2.75) is 55.9 Å². The van der Waals surface area contributed by atoms with E-state index in [2.05, 4.69) is 19.9 Å². The van der Waals surface area contributed by atoms with E-state index < -0.39 is 99.0 Å². The van der Waals surface area contributed by atoms with Gasteiger partial charge in [0.2, 0.25) is 15.9 Å². The third kappa shape index (κ3) is 14.7. The number of ether oxygens (including phenoxy) is 1. The maximum atomic E-state index is 14.1. The number of anilines is 1. The van der Waals surface area contributed by atoms with Crippen LogP contribution in [0.2, 0.25) is 0 Å². The summed E-state index contributed by atoms with van der Waals surface area (Å²) in [6.07, 6.45) is -1.99. The molecule has 0 fully saturated rings. The van der Waals surface area contributed by atoms with Crippen LogP contribution in [0.15, 0.2) is 89.8 Å². The normalized spacial score (nSPS) is 16.7. The van der Waals surface area contributed by atoms with Crippen LogP contribution in [-0.4, -0.2) is 63.5 Å². The number of carbonyl (C=O) groups is 2. The van der Waals surface area contributed by atoms with Gasteiger partial charge in [0.1, 0.15) is 6.04 Å². The van der Waals surface area contributed by atoms with Crippen LogP contribution in [0, 0.1) is 5.89 Å². The molecule has 0 bridgehead atoms. The molecule has 0 aliphatic carbocycles. The molecule has 3 aromatic rings. The number of carbonyl (C=O) groups excluding carboxylic acids is 2. The van der Waals surface area contributed by atoms with Gasteiger partial charge in [0.15, 0.2) is 0 Å². The van der Waals surface area contributed by atoms with Gasteiger partial charge in [0.25, 0.3) is 0 Å². The number of nitrogens with two attached hydrogens (primary N) is 1. The predicted molar refractivity (Wildman–Crippen MR) is 178 cm³/mol. The minimum atomic E-state index is -5.80. The van der Waals surface area contributed by atoms with Gasteiger partial charge in [-0.05, 0) is 54.1 Å². The molecule has 0 heterocycles. The van der Waals surface area contributed by atoms with Gasteiger partial charge in [-0.15, -0.1) is 0 Å². The van der Waals surface area contributed by atoms with E-state index in [1.54, 1.807) is 60.7 Å². The van der Waals surface area contributed by atoms with E-state index >= 15 is 0 Å². The molecular formula is C33H43N4Na2O9PS. The van der Waals surface area contributed by atoms with E-state index in [0.717, 1.165) is 12.1 Å². The second-order valence-corrected chi connectivity index (χ2v) is 13.6. The Kier molecular flexibility index (Phi) is 14.2. The Morgan fingerprint density at radius 1 is 0.960 bits per heavy atom. The van der Waals surface area contributed by atoms with Crippen molar-refractivity contribution >= 4 is 35.5 Å². The zero-order valence-corrected chi connectivity index (χ0v) is 33.3. The van der Waals surface area contributed by atoms with E-state index in [1.165, 1.54) is 12.1 Å². The van der Waals surface area contributed by atoms with Crippen LogP contribution in [0.3, 0.4) is 0 Å². The number of benzene rings is 3. The summed E-state index contributed by atoms with van der Waals surface area (Å²) in [6.45, 7) is -10.2. The van der Waals surface area contributed by atoms with Crippen LogP contribution >= 0.6 is 7.82 Å². The summed E-state index contributed by atoms with van der Waals surface area (Å²) in [6, 6.07) is 18.1. The van der Waals surface area contributed by atoms with Crippen LogP contribution in [0.4, 0.5) is 10.5 Å². The van der Waals surface area contributed by atoms with Crippen molar-refractivity contribution in [1.82, 2.24) is 14.9 Å². The number of sulfonamides is 1. The second-order valence-electron chi connectivity index (χ2n) is 10.6. The second kappa shape index (κ2) is 22.3. The topological polar surface area (TPSA) is 203 Å². The standard InChI is InChI=1S/C33H45N4O9PS.2Na/c1-24(2)22-37(48(43,44)29-19-17-27(34)18-20-29)28(23-46-47(40,41)42)16-10-11-21-35-32(38)31(36-33(39)45-3)30(25-12-6-4-7-13-25)26-14-8-5-9-15-26;;/h4-9,12-15,17-20,24,28,30-31H,10-11,16,21-23,34H2,1-3H3,(H,35,38)(H,36,39)(H2,40,41,42);;/q;2*+1/p-2/t28-,31-;;/m0../s1/i1D3,2D3,3D3,24D;;. The first-order valence-electron chi connectivity index (χ1n) is 19.6. The molecule has 3 rings (SSSR count). The number of nitrogens with zero attached hydrogens (tertiary/aromatic N) is 1. The summed E-state index contributed by atoms with van der Waals surface area (Å²) in [4.78, 5) is 49.2. The summed E-state index contributed by atoms with van der Waals surface area (Å²) in [5.74, 6) is -5.15. The van der Waals surface area contributed by atoms with Gasteiger partial charge in [-0.1, -0.05) is 80.8 Å². The molecule has 0 saturated heterocycles. The molecule has 0 aliphatic rings. The molecule has 0 spiro atoms. The van der Waals surface area contributed by atoms with Gasteiger partial charge >= 0.3 is 65.2 Å². The smallest absolute Gasteiger partial charge is 0.790 e. The molecular weight excluding hydrogens is 705 g/mol. The number of rotatable bonds is 18. The van der Waals surface area contributed by atoms with E-state index in [1.807, 2.05) is 0 Å². The van der Waals surface area contributed by atoms with E-state index in [0.29, 0.717) is 15.4 Å². The van der Waals surface area contributed by atoms with E-state index in [-0.39, 0.29) is 84.2 Å². The van der Waals surface area contributed by atoms with Crippen molar-refractivity contribution in [2.75, 3.05) is 32.5 Å². The zero-order chi connectivity index (χ0) is 43.7. The molecule has 262 valence electrons. The maximum Gasteiger partial charge on any atom is 1.00 e. The van der Waals surface area contributed by atoms with Crippen molar-refractivity contribution in [1.29, 1.82) is 0 Å². The van der Waals surface area contributed by atoms with Crippen LogP contribution in [0.25, 0.3) is 0 Å². The monoisotopic (exact) mass is 758 g/mol. The molecule has 2 atom stereocenters. The quantitative estimate of drug-likeness (QED) is 0.0519. The number of methoxy groups -OCH3 is 1. The Labute approximate surface area is 353 Å². The minimum Gasteiger partial charge on any atom is -0.790 e. The number of phosphoric ester groups is 1. The molecule has 3 aromatic carbocycles. The van der Waals surface area contributed by atoms with E-state index in [9.17, 15) is 32.4 Å². The van der Waals surface area contributed by atoms with E-state index in [4.69, 9.17) is 19.4 Å². The molecule has 0 aliphatic heterocycles. The number of alkyl carbamates (subject to hydrolysis) is 1. The molecule has 0 saturated carbocycles. The Morgan fingerprint density at radius 3 is 2.06 bits per heavy atom. The first-order chi connectivity index (χ1) is 26.7. The van der Waals surface area contributed by atoms with Gasteiger partial charge in [-0.3, -0.25) is 4.79 Å². The summed E-state index contributed by atoms with van der Waals surface area (Å²) in [7, 11) is -13.9. The Hall–Kier alpha value is -1.78. The first-order valence-corrected chi connectivity index (χ1v) is 17.5. The van der Waals surface area contributed by atoms with Crippen molar-refractivity contribution in [3.8, 4) is 0 Å². The summed E-state index contributed by atoms with van der Waals surface area (Å²) in [5, 5.41) is 4.95. The molecule has 13 nitrogen and oxygen atoms in total. The SMILES string of the molecule is [2H]C([2H])([2H])OC(=O)N[C@H](C(=O)NCCCC[C@@H](COP(=O)([O-])[O-])N(CC([2H])(C([2H])([2H])[2H])C([2H])([2H])[2H])S(=O)(=O)c1ccc(N)cc1)C(c1ccccc1)c1ccccc1.[Na+].[Na+]. The Balaban J connectivity index is 0.00000900. The van der Waals surface area contributed by atoms with Gasteiger partial charge in [0, 0.05) is 40.3 Å². The summed E-state index contributed by atoms with van der Waals surface area (Å²) in [5.41, 5.74) is 6.92. The fourth-order valence-corrected chi connectivity index (χ4v) is 6.97. The largest absolute Gasteiger partial charge is 1.00 e. The summed E-state index contributed by atoms with van der Waals surface area (Å²) < 4.78 is 127. The zero-order valence-electron chi connectivity index (χ0n) is 37.6.